The van der Waals surface area contributed by atoms with Gasteiger partial charge in [0, 0.05) is 75.3 Å². The fraction of sp³-hybridized carbons (Fsp3) is 0.469. The Morgan fingerprint density at radius 2 is 1.89 bits per heavy atom. The van der Waals surface area contributed by atoms with Gasteiger partial charge in [0.25, 0.3) is 0 Å². The van der Waals surface area contributed by atoms with Crippen molar-refractivity contribution in [1.29, 1.82) is 5.26 Å². The van der Waals surface area contributed by atoms with Crippen LogP contribution in [0.15, 0.2) is 18.2 Å². The average Bonchev–Trinajstić information content (AvgIpc) is 3.48. The summed E-state index contributed by atoms with van der Waals surface area (Å²) < 4.78 is 68.4. The summed E-state index contributed by atoms with van der Waals surface area (Å²) in [6.07, 6.45) is -2.09. The molecule has 8 nitrogen and oxygen atoms in total. The van der Waals surface area contributed by atoms with Gasteiger partial charge in [0.1, 0.15) is 24.0 Å². The van der Waals surface area contributed by atoms with Crippen molar-refractivity contribution < 1.29 is 22.3 Å². The molecule has 4 aromatic rings. The summed E-state index contributed by atoms with van der Waals surface area (Å²) in [5.74, 6) is -0.902. The van der Waals surface area contributed by atoms with Gasteiger partial charge in [-0.25, -0.2) is 4.39 Å². The number of nitrogens with one attached hydrogen (secondary N) is 1. The smallest absolute Gasteiger partial charge is 0.417 e. The molecule has 3 aliphatic heterocycles. The van der Waals surface area contributed by atoms with E-state index in [9.17, 15) is 18.4 Å². The van der Waals surface area contributed by atoms with E-state index in [0.717, 1.165) is 31.9 Å². The first-order valence-electron chi connectivity index (χ1n) is 15.2. The van der Waals surface area contributed by atoms with Crippen molar-refractivity contribution in [2.24, 2.45) is 0 Å². The summed E-state index contributed by atoms with van der Waals surface area (Å²) >= 11 is 1.19. The lowest BCUT2D eigenvalue weighted by molar-refractivity contribution is -0.137. The molecule has 0 saturated carbocycles. The van der Waals surface area contributed by atoms with Crippen LogP contribution in [0.3, 0.4) is 0 Å². The SMILES string of the molecule is Cc1sc2ccc(N)c(C#N)c2c1-c1c(C(F)(F)F)cc2c(N3CC4CCC(C3)N4)nc(OC[C@@H]3CCN3C(C)C)nc2c1F. The third-order valence-corrected chi connectivity index (χ3v) is 10.5. The number of aryl methyl sites for hydroxylation is 1. The maximum absolute atomic E-state index is 17.0. The molecule has 2 bridgehead atoms. The summed E-state index contributed by atoms with van der Waals surface area (Å²) in [4.78, 5) is 13.7. The molecule has 5 heterocycles. The minimum atomic E-state index is -4.92. The summed E-state index contributed by atoms with van der Waals surface area (Å²) in [5, 5.41) is 13.6. The van der Waals surface area contributed by atoms with Crippen molar-refractivity contribution >= 4 is 43.8 Å². The molecule has 45 heavy (non-hydrogen) atoms. The zero-order valence-electron chi connectivity index (χ0n) is 25.1. The Bertz CT molecular complexity index is 1860. The molecular weight excluding hydrogens is 606 g/mol. The number of ether oxygens (including phenoxy) is 1. The van der Waals surface area contributed by atoms with Crippen molar-refractivity contribution in [3.05, 3.63) is 40.0 Å². The second kappa shape index (κ2) is 11.0. The number of nitrogens with two attached hydrogens (primary N) is 1. The topological polar surface area (TPSA) is 103 Å². The van der Waals surface area contributed by atoms with Crippen LogP contribution < -0.4 is 20.7 Å². The van der Waals surface area contributed by atoms with Crippen LogP contribution in [0.2, 0.25) is 0 Å². The summed E-state index contributed by atoms with van der Waals surface area (Å²) in [6, 6.07) is 6.88. The maximum atomic E-state index is 17.0. The highest BCUT2D eigenvalue weighted by Crippen LogP contribution is 2.49. The number of thiophene rings is 1. The number of piperazine rings is 1. The molecule has 2 aromatic heterocycles. The van der Waals surface area contributed by atoms with Gasteiger partial charge in [0.15, 0.2) is 5.82 Å². The van der Waals surface area contributed by atoms with Gasteiger partial charge in [0.05, 0.1) is 16.8 Å². The van der Waals surface area contributed by atoms with Crippen molar-refractivity contribution in [2.75, 3.05) is 36.9 Å². The molecule has 0 amide bonds. The number of benzene rings is 2. The fourth-order valence-electron chi connectivity index (χ4n) is 7.17. The number of rotatable bonds is 6. The van der Waals surface area contributed by atoms with E-state index in [1.807, 2.05) is 11.0 Å². The van der Waals surface area contributed by atoms with E-state index in [0.29, 0.717) is 28.7 Å². The molecule has 3 N–H and O–H groups in total. The highest BCUT2D eigenvalue weighted by molar-refractivity contribution is 7.19. The van der Waals surface area contributed by atoms with E-state index in [1.54, 1.807) is 13.0 Å². The second-order valence-corrected chi connectivity index (χ2v) is 13.8. The first-order valence-corrected chi connectivity index (χ1v) is 16.0. The Hall–Kier alpha value is -3.73. The molecule has 0 aliphatic carbocycles. The molecule has 3 saturated heterocycles. The van der Waals surface area contributed by atoms with Crippen LogP contribution in [-0.2, 0) is 6.18 Å². The lowest BCUT2D eigenvalue weighted by Crippen LogP contribution is -2.54. The van der Waals surface area contributed by atoms with Crippen LogP contribution >= 0.6 is 11.3 Å². The zero-order chi connectivity index (χ0) is 31.8. The first kappa shape index (κ1) is 30.0. The Kier molecular flexibility index (Phi) is 7.30. The molecule has 2 aromatic carbocycles. The van der Waals surface area contributed by atoms with E-state index < -0.39 is 23.1 Å². The summed E-state index contributed by atoms with van der Waals surface area (Å²) in [5.41, 5.74) is 4.14. The molecule has 3 atom stereocenters. The molecule has 2 unspecified atom stereocenters. The quantitative estimate of drug-likeness (QED) is 0.189. The standard InChI is InChI=1S/C32H33F4N7OS/c1-15(2)43-9-8-19(43)14-44-31-40-29-20(30(41-31)42-12-17-4-5-18(13-42)39-17)10-22(32(34,35)36)27(28(29)33)25-16(3)45-24-7-6-23(38)21(11-37)26(24)25/h6-7,10,15,17-19,39H,4-5,8-9,12-14,38H2,1-3H3/t17?,18?,19-/m0/s1. The van der Waals surface area contributed by atoms with Gasteiger partial charge >= 0.3 is 12.2 Å². The molecule has 13 heteroatoms. The van der Waals surface area contributed by atoms with Gasteiger partial charge in [-0.15, -0.1) is 11.3 Å². The van der Waals surface area contributed by atoms with E-state index in [2.05, 4.69) is 34.0 Å². The number of nitriles is 1. The molecule has 0 radical (unpaired) electrons. The number of anilines is 2. The van der Waals surface area contributed by atoms with Gasteiger partial charge in [-0.2, -0.15) is 28.4 Å². The number of nitrogen functional groups attached to an aromatic ring is 1. The van der Waals surface area contributed by atoms with Crippen molar-refractivity contribution in [3.8, 4) is 23.2 Å². The van der Waals surface area contributed by atoms with Gasteiger partial charge in [-0.1, -0.05) is 0 Å². The van der Waals surface area contributed by atoms with E-state index in [4.69, 9.17) is 10.5 Å². The fourth-order valence-corrected chi connectivity index (χ4v) is 8.25. The Morgan fingerprint density at radius 3 is 2.51 bits per heavy atom. The number of likely N-dealkylation sites (tertiary alicyclic amines) is 1. The number of hydrogen-bond donors (Lipinski definition) is 2. The van der Waals surface area contributed by atoms with Gasteiger partial charge in [-0.3, -0.25) is 4.90 Å². The van der Waals surface area contributed by atoms with Crippen LogP contribution in [0, 0.1) is 24.1 Å². The van der Waals surface area contributed by atoms with E-state index in [-0.39, 0.29) is 69.7 Å². The largest absolute Gasteiger partial charge is 0.462 e. The normalized spacial score (nSPS) is 21.9. The zero-order valence-corrected chi connectivity index (χ0v) is 25.9. The Labute approximate surface area is 261 Å². The Balaban J connectivity index is 1.46. The van der Waals surface area contributed by atoms with Crippen molar-refractivity contribution in [3.63, 3.8) is 0 Å². The molecule has 7 rings (SSSR count). The minimum Gasteiger partial charge on any atom is -0.462 e. The first-order chi connectivity index (χ1) is 21.4. The average molecular weight is 640 g/mol. The summed E-state index contributed by atoms with van der Waals surface area (Å²) in [6.45, 7) is 8.10. The van der Waals surface area contributed by atoms with Crippen molar-refractivity contribution in [2.45, 2.75) is 70.4 Å². The van der Waals surface area contributed by atoms with Crippen molar-refractivity contribution in [1.82, 2.24) is 20.2 Å². The summed E-state index contributed by atoms with van der Waals surface area (Å²) in [7, 11) is 0. The second-order valence-electron chi connectivity index (χ2n) is 12.5. The lowest BCUT2D eigenvalue weighted by Gasteiger charge is -2.43. The maximum Gasteiger partial charge on any atom is 0.417 e. The lowest BCUT2D eigenvalue weighted by atomic mass is 9.92. The number of halogens is 4. The van der Waals surface area contributed by atoms with Crippen LogP contribution in [0.5, 0.6) is 6.01 Å². The van der Waals surface area contributed by atoms with Crippen LogP contribution in [0.1, 0.15) is 49.1 Å². The number of alkyl halides is 3. The number of fused-ring (bicyclic) bond motifs is 4. The third kappa shape index (κ3) is 5.03. The predicted molar refractivity (Wildman–Crippen MR) is 167 cm³/mol. The molecule has 0 spiro atoms. The van der Waals surface area contributed by atoms with E-state index in [1.165, 1.54) is 17.4 Å². The third-order valence-electron chi connectivity index (χ3n) is 9.40. The van der Waals surface area contributed by atoms with Gasteiger partial charge in [0.2, 0.25) is 0 Å². The molecule has 236 valence electrons. The number of hydrogen-bond acceptors (Lipinski definition) is 9. The minimum absolute atomic E-state index is 0.00420. The number of nitrogens with zero attached hydrogens (tertiary/aromatic N) is 5. The highest BCUT2D eigenvalue weighted by Gasteiger charge is 2.40. The highest BCUT2D eigenvalue weighted by atomic mass is 32.1. The van der Waals surface area contributed by atoms with Crippen LogP contribution in [-0.4, -0.2) is 65.3 Å². The Morgan fingerprint density at radius 1 is 1.16 bits per heavy atom. The van der Waals surface area contributed by atoms with Gasteiger partial charge in [-0.05, 0) is 58.2 Å². The predicted octanol–water partition coefficient (Wildman–Crippen LogP) is 6.23. The monoisotopic (exact) mass is 639 g/mol. The number of aromatic nitrogens is 2. The molecule has 3 aliphatic rings. The van der Waals surface area contributed by atoms with Crippen LogP contribution in [0.25, 0.3) is 32.1 Å². The molecule has 3 fully saturated rings. The van der Waals surface area contributed by atoms with Gasteiger partial charge < -0.3 is 20.7 Å². The van der Waals surface area contributed by atoms with E-state index >= 15 is 4.39 Å². The van der Waals surface area contributed by atoms with Crippen LogP contribution in [0.4, 0.5) is 29.1 Å². The molecular formula is C32H33F4N7OS.